The zero-order valence-corrected chi connectivity index (χ0v) is 15.2. The van der Waals surface area contributed by atoms with Crippen molar-refractivity contribution in [1.82, 2.24) is 5.32 Å². The van der Waals surface area contributed by atoms with Gasteiger partial charge in [0.05, 0.1) is 22.3 Å². The van der Waals surface area contributed by atoms with Gasteiger partial charge in [0.2, 0.25) is 5.91 Å². The molecular weight excluding hydrogens is 355 g/mol. The molecule has 1 amide bonds. The standard InChI is InChI=1S/C20H18Cl2N2O/c1-13(15-9-4-7-14-6-2-3-8-16(14)15)23-12-19(25)24-18-11-5-10-17(21)20(18)22/h2-11,13,23H,12H2,1H3,(H,24,25)/t13-/m1/s1. The molecule has 0 spiro atoms. The summed E-state index contributed by atoms with van der Waals surface area (Å²) < 4.78 is 0. The maximum Gasteiger partial charge on any atom is 0.238 e. The molecule has 0 heterocycles. The zero-order valence-electron chi connectivity index (χ0n) is 13.7. The van der Waals surface area contributed by atoms with E-state index in [2.05, 4.69) is 34.9 Å². The minimum Gasteiger partial charge on any atom is -0.324 e. The lowest BCUT2D eigenvalue weighted by Gasteiger charge is -2.17. The molecule has 1 atom stereocenters. The van der Waals surface area contributed by atoms with E-state index in [4.69, 9.17) is 23.2 Å². The van der Waals surface area contributed by atoms with Crippen molar-refractivity contribution in [2.75, 3.05) is 11.9 Å². The second-order valence-corrected chi connectivity index (χ2v) is 6.61. The monoisotopic (exact) mass is 372 g/mol. The average molecular weight is 373 g/mol. The number of hydrogen-bond acceptors (Lipinski definition) is 2. The van der Waals surface area contributed by atoms with Crippen LogP contribution in [0.25, 0.3) is 10.8 Å². The van der Waals surface area contributed by atoms with Crippen molar-refractivity contribution >= 4 is 45.6 Å². The maximum absolute atomic E-state index is 12.2. The number of benzene rings is 3. The molecular formula is C20H18Cl2N2O. The number of fused-ring (bicyclic) bond motifs is 1. The van der Waals surface area contributed by atoms with Crippen molar-refractivity contribution in [3.05, 3.63) is 76.3 Å². The van der Waals surface area contributed by atoms with E-state index < -0.39 is 0 Å². The van der Waals surface area contributed by atoms with Gasteiger partial charge in [0, 0.05) is 6.04 Å². The van der Waals surface area contributed by atoms with Crippen molar-refractivity contribution in [3.63, 3.8) is 0 Å². The highest BCUT2D eigenvalue weighted by atomic mass is 35.5. The minimum atomic E-state index is -0.170. The van der Waals surface area contributed by atoms with Gasteiger partial charge in [-0.15, -0.1) is 0 Å². The Morgan fingerprint density at radius 3 is 2.56 bits per heavy atom. The number of amides is 1. The smallest absolute Gasteiger partial charge is 0.238 e. The summed E-state index contributed by atoms with van der Waals surface area (Å²) in [5, 5.41) is 9.16. The molecule has 3 aromatic rings. The van der Waals surface area contributed by atoms with Gasteiger partial charge in [-0.2, -0.15) is 0 Å². The van der Waals surface area contributed by atoms with Crippen molar-refractivity contribution in [2.24, 2.45) is 0 Å². The SMILES string of the molecule is C[C@@H](NCC(=O)Nc1cccc(Cl)c1Cl)c1cccc2ccccc12. The fraction of sp³-hybridized carbons (Fsp3) is 0.150. The molecule has 0 unspecified atom stereocenters. The van der Waals surface area contributed by atoms with Crippen LogP contribution in [0.15, 0.2) is 60.7 Å². The summed E-state index contributed by atoms with van der Waals surface area (Å²) >= 11 is 12.1. The number of rotatable bonds is 5. The predicted octanol–water partition coefficient (Wildman–Crippen LogP) is 5.44. The Morgan fingerprint density at radius 2 is 1.72 bits per heavy atom. The number of nitrogens with one attached hydrogen (secondary N) is 2. The Kier molecular flexibility index (Phi) is 5.59. The lowest BCUT2D eigenvalue weighted by atomic mass is 10.00. The molecule has 3 nitrogen and oxygen atoms in total. The van der Waals surface area contributed by atoms with Crippen LogP contribution in [0.2, 0.25) is 10.0 Å². The van der Waals surface area contributed by atoms with Crippen LogP contribution in [0.4, 0.5) is 5.69 Å². The highest BCUT2D eigenvalue weighted by Gasteiger charge is 2.12. The number of halogens is 2. The normalized spacial score (nSPS) is 12.1. The molecule has 0 aliphatic heterocycles. The Morgan fingerprint density at radius 1 is 1.00 bits per heavy atom. The molecule has 0 aliphatic rings. The lowest BCUT2D eigenvalue weighted by Crippen LogP contribution is -2.30. The average Bonchev–Trinajstić information content (AvgIpc) is 2.63. The van der Waals surface area contributed by atoms with E-state index >= 15 is 0 Å². The second kappa shape index (κ2) is 7.87. The molecule has 0 bridgehead atoms. The first-order chi connectivity index (χ1) is 12.1. The van der Waals surface area contributed by atoms with E-state index in [0.717, 1.165) is 5.56 Å². The molecule has 0 aromatic heterocycles. The molecule has 2 N–H and O–H groups in total. The maximum atomic E-state index is 12.2. The first kappa shape index (κ1) is 17.7. The van der Waals surface area contributed by atoms with Crippen LogP contribution in [0.1, 0.15) is 18.5 Å². The van der Waals surface area contributed by atoms with Crippen molar-refractivity contribution in [1.29, 1.82) is 0 Å². The Labute approximate surface area is 156 Å². The van der Waals surface area contributed by atoms with Gasteiger partial charge >= 0.3 is 0 Å². The van der Waals surface area contributed by atoms with Gasteiger partial charge in [0.25, 0.3) is 0 Å². The summed E-state index contributed by atoms with van der Waals surface area (Å²) in [5.74, 6) is -0.170. The molecule has 3 rings (SSSR count). The third-order valence-corrected chi connectivity index (χ3v) is 4.90. The molecule has 0 aliphatic carbocycles. The van der Waals surface area contributed by atoms with Crippen molar-refractivity contribution in [3.8, 4) is 0 Å². The molecule has 0 saturated carbocycles. The van der Waals surface area contributed by atoms with E-state index in [9.17, 15) is 4.79 Å². The first-order valence-electron chi connectivity index (χ1n) is 8.01. The molecule has 128 valence electrons. The lowest BCUT2D eigenvalue weighted by molar-refractivity contribution is -0.115. The van der Waals surface area contributed by atoms with Crippen LogP contribution in [0.5, 0.6) is 0 Å². The number of anilines is 1. The topological polar surface area (TPSA) is 41.1 Å². The third-order valence-electron chi connectivity index (χ3n) is 4.08. The fourth-order valence-corrected chi connectivity index (χ4v) is 3.13. The van der Waals surface area contributed by atoms with Crippen molar-refractivity contribution in [2.45, 2.75) is 13.0 Å². The molecule has 0 radical (unpaired) electrons. The van der Waals surface area contributed by atoms with Gasteiger partial charge in [0.1, 0.15) is 0 Å². The molecule has 0 fully saturated rings. The first-order valence-corrected chi connectivity index (χ1v) is 8.77. The van der Waals surface area contributed by atoms with Gasteiger partial charge in [-0.3, -0.25) is 4.79 Å². The van der Waals surface area contributed by atoms with Crippen LogP contribution >= 0.6 is 23.2 Å². The predicted molar refractivity (Wildman–Crippen MR) is 105 cm³/mol. The quantitative estimate of drug-likeness (QED) is 0.626. The van der Waals surface area contributed by atoms with E-state index in [0.29, 0.717) is 15.7 Å². The Hall–Kier alpha value is -2.07. The number of hydrogen-bond donors (Lipinski definition) is 2. The van der Waals surface area contributed by atoms with Crippen LogP contribution in [0.3, 0.4) is 0 Å². The number of carbonyl (C=O) groups is 1. The number of carbonyl (C=O) groups excluding carboxylic acids is 1. The summed E-state index contributed by atoms with van der Waals surface area (Å²) in [6, 6.07) is 19.6. The van der Waals surface area contributed by atoms with E-state index in [1.54, 1.807) is 18.2 Å². The molecule has 3 aromatic carbocycles. The highest BCUT2D eigenvalue weighted by Crippen LogP contribution is 2.29. The van der Waals surface area contributed by atoms with Gasteiger partial charge in [-0.25, -0.2) is 0 Å². The van der Waals surface area contributed by atoms with Gasteiger partial charge in [-0.05, 0) is 35.4 Å². The van der Waals surface area contributed by atoms with Crippen LogP contribution in [0, 0.1) is 0 Å². The van der Waals surface area contributed by atoms with Crippen molar-refractivity contribution < 1.29 is 4.79 Å². The highest BCUT2D eigenvalue weighted by molar-refractivity contribution is 6.44. The van der Waals surface area contributed by atoms with Crippen LogP contribution < -0.4 is 10.6 Å². The summed E-state index contributed by atoms with van der Waals surface area (Å²) in [6.07, 6.45) is 0. The zero-order chi connectivity index (χ0) is 17.8. The summed E-state index contributed by atoms with van der Waals surface area (Å²) in [6.45, 7) is 2.22. The van der Waals surface area contributed by atoms with E-state index in [1.807, 2.05) is 25.1 Å². The van der Waals surface area contributed by atoms with E-state index in [-0.39, 0.29) is 18.5 Å². The summed E-state index contributed by atoms with van der Waals surface area (Å²) in [7, 11) is 0. The molecule has 0 saturated heterocycles. The van der Waals surface area contributed by atoms with Gasteiger partial charge < -0.3 is 10.6 Å². The Bertz CT molecular complexity index is 906. The van der Waals surface area contributed by atoms with Crippen LogP contribution in [-0.2, 0) is 4.79 Å². The summed E-state index contributed by atoms with van der Waals surface area (Å²) in [4.78, 5) is 12.2. The largest absolute Gasteiger partial charge is 0.324 e. The minimum absolute atomic E-state index is 0.0340. The van der Waals surface area contributed by atoms with Gasteiger partial charge in [0.15, 0.2) is 0 Å². The van der Waals surface area contributed by atoms with Crippen LogP contribution in [-0.4, -0.2) is 12.5 Å². The van der Waals surface area contributed by atoms with E-state index in [1.165, 1.54) is 10.8 Å². The summed E-state index contributed by atoms with van der Waals surface area (Å²) in [5.41, 5.74) is 1.67. The molecule has 25 heavy (non-hydrogen) atoms. The second-order valence-electron chi connectivity index (χ2n) is 5.82. The Balaban J connectivity index is 1.66. The van der Waals surface area contributed by atoms with Gasteiger partial charge in [-0.1, -0.05) is 71.7 Å². The molecule has 5 heteroatoms. The fourth-order valence-electron chi connectivity index (χ4n) is 2.78. The third kappa shape index (κ3) is 4.13.